The SMILES string of the molecule is Cc1ccc2oc(=O)c(C(=O)c3ccc(C(C)C)cc3)cc2c1. The molecule has 0 saturated heterocycles. The molecule has 3 nitrogen and oxygen atoms in total. The van der Waals surface area contributed by atoms with Crippen molar-refractivity contribution in [2.45, 2.75) is 26.7 Å². The first-order valence-corrected chi connectivity index (χ1v) is 7.65. The molecule has 3 aromatic rings. The number of benzene rings is 2. The highest BCUT2D eigenvalue weighted by atomic mass is 16.4. The van der Waals surface area contributed by atoms with Crippen molar-refractivity contribution in [2.24, 2.45) is 0 Å². The quantitative estimate of drug-likeness (QED) is 0.530. The maximum Gasteiger partial charge on any atom is 0.347 e. The molecule has 0 N–H and O–H groups in total. The van der Waals surface area contributed by atoms with E-state index < -0.39 is 5.63 Å². The summed E-state index contributed by atoms with van der Waals surface area (Å²) in [6.45, 7) is 6.14. The van der Waals surface area contributed by atoms with E-state index in [1.54, 1.807) is 24.3 Å². The van der Waals surface area contributed by atoms with Crippen LogP contribution in [0.25, 0.3) is 11.0 Å². The van der Waals surface area contributed by atoms with Crippen LogP contribution in [0, 0.1) is 6.92 Å². The third-order valence-electron chi connectivity index (χ3n) is 3.97. The molecule has 0 amide bonds. The molecular weight excluding hydrogens is 288 g/mol. The van der Waals surface area contributed by atoms with Crippen molar-refractivity contribution in [3.05, 3.63) is 81.2 Å². The minimum Gasteiger partial charge on any atom is -0.422 e. The number of aryl methyl sites for hydroxylation is 1. The average molecular weight is 306 g/mol. The van der Waals surface area contributed by atoms with Gasteiger partial charge in [-0.15, -0.1) is 0 Å². The average Bonchev–Trinajstić information content (AvgIpc) is 2.54. The van der Waals surface area contributed by atoms with Crippen LogP contribution in [-0.2, 0) is 0 Å². The third-order valence-corrected chi connectivity index (χ3v) is 3.97. The van der Waals surface area contributed by atoms with Gasteiger partial charge in [-0.3, -0.25) is 4.79 Å². The topological polar surface area (TPSA) is 47.3 Å². The summed E-state index contributed by atoms with van der Waals surface area (Å²) in [6, 6.07) is 14.5. The number of rotatable bonds is 3. The zero-order valence-electron chi connectivity index (χ0n) is 13.4. The van der Waals surface area contributed by atoms with E-state index in [0.717, 1.165) is 16.5 Å². The normalized spacial score (nSPS) is 11.1. The Morgan fingerprint density at radius 3 is 2.35 bits per heavy atom. The maximum absolute atomic E-state index is 12.6. The van der Waals surface area contributed by atoms with Crippen LogP contribution < -0.4 is 5.63 Å². The van der Waals surface area contributed by atoms with Gasteiger partial charge in [0.25, 0.3) is 0 Å². The van der Waals surface area contributed by atoms with Crippen molar-refractivity contribution in [3.63, 3.8) is 0 Å². The minimum atomic E-state index is -0.598. The highest BCUT2D eigenvalue weighted by Crippen LogP contribution is 2.19. The van der Waals surface area contributed by atoms with Crippen LogP contribution in [0.1, 0.15) is 46.8 Å². The van der Waals surface area contributed by atoms with Crippen LogP contribution in [-0.4, -0.2) is 5.78 Å². The van der Waals surface area contributed by atoms with Crippen LogP contribution in [0.15, 0.2) is 57.7 Å². The summed E-state index contributed by atoms with van der Waals surface area (Å²) < 4.78 is 5.28. The zero-order valence-corrected chi connectivity index (χ0v) is 13.4. The van der Waals surface area contributed by atoms with E-state index in [-0.39, 0.29) is 11.3 Å². The summed E-state index contributed by atoms with van der Waals surface area (Å²) in [7, 11) is 0. The van der Waals surface area contributed by atoms with Gasteiger partial charge in [0.05, 0.1) is 0 Å². The van der Waals surface area contributed by atoms with Gasteiger partial charge in [0.1, 0.15) is 11.1 Å². The Bertz CT molecular complexity index is 931. The minimum absolute atomic E-state index is 0.0698. The molecule has 1 heterocycles. The molecule has 0 bridgehead atoms. The molecule has 1 aromatic heterocycles. The Morgan fingerprint density at radius 1 is 1.00 bits per heavy atom. The van der Waals surface area contributed by atoms with Crippen molar-refractivity contribution >= 4 is 16.8 Å². The maximum atomic E-state index is 12.6. The molecule has 0 radical (unpaired) electrons. The summed E-state index contributed by atoms with van der Waals surface area (Å²) >= 11 is 0. The first kappa shape index (κ1) is 15.2. The van der Waals surface area contributed by atoms with E-state index in [0.29, 0.717) is 17.1 Å². The van der Waals surface area contributed by atoms with Crippen molar-refractivity contribution < 1.29 is 9.21 Å². The van der Waals surface area contributed by atoms with Gasteiger partial charge in [0.15, 0.2) is 5.78 Å². The highest BCUT2D eigenvalue weighted by Gasteiger charge is 2.16. The Morgan fingerprint density at radius 2 is 1.70 bits per heavy atom. The van der Waals surface area contributed by atoms with Crippen LogP contribution >= 0.6 is 0 Å². The molecule has 23 heavy (non-hydrogen) atoms. The predicted molar refractivity (Wildman–Crippen MR) is 91.2 cm³/mol. The number of carbonyl (C=O) groups excluding carboxylic acids is 1. The van der Waals surface area contributed by atoms with Crippen molar-refractivity contribution in [1.82, 2.24) is 0 Å². The summed E-state index contributed by atoms with van der Waals surface area (Å²) in [6.07, 6.45) is 0. The van der Waals surface area contributed by atoms with Crippen molar-refractivity contribution in [1.29, 1.82) is 0 Å². The lowest BCUT2D eigenvalue weighted by Crippen LogP contribution is -2.14. The Labute approximate surface area is 134 Å². The van der Waals surface area contributed by atoms with E-state index in [2.05, 4.69) is 13.8 Å². The molecule has 0 unspecified atom stereocenters. The third kappa shape index (κ3) is 2.95. The zero-order chi connectivity index (χ0) is 16.6. The molecule has 0 aliphatic rings. The molecule has 0 aliphatic carbocycles. The van der Waals surface area contributed by atoms with Gasteiger partial charge < -0.3 is 4.42 Å². The van der Waals surface area contributed by atoms with E-state index in [1.807, 2.05) is 31.2 Å². The molecular formula is C20H18O3. The van der Waals surface area contributed by atoms with E-state index in [1.165, 1.54) is 0 Å². The molecule has 0 atom stereocenters. The lowest BCUT2D eigenvalue weighted by atomic mass is 9.98. The Hall–Kier alpha value is -2.68. The largest absolute Gasteiger partial charge is 0.422 e. The number of ketones is 1. The van der Waals surface area contributed by atoms with Crippen LogP contribution in [0.4, 0.5) is 0 Å². The fourth-order valence-corrected chi connectivity index (χ4v) is 2.58. The smallest absolute Gasteiger partial charge is 0.347 e. The fraction of sp³-hybridized carbons (Fsp3) is 0.200. The van der Waals surface area contributed by atoms with Crippen LogP contribution in [0.3, 0.4) is 0 Å². The number of hydrogen-bond acceptors (Lipinski definition) is 3. The molecule has 2 aromatic carbocycles. The monoisotopic (exact) mass is 306 g/mol. The second kappa shape index (κ2) is 5.84. The molecule has 0 aliphatic heterocycles. The van der Waals surface area contributed by atoms with E-state index in [9.17, 15) is 9.59 Å². The first-order chi connectivity index (χ1) is 11.0. The molecule has 0 saturated carbocycles. The second-order valence-electron chi connectivity index (χ2n) is 6.09. The number of carbonyl (C=O) groups is 1. The standard InChI is InChI=1S/C20H18O3/c1-12(2)14-5-7-15(8-6-14)19(21)17-11-16-10-13(3)4-9-18(16)23-20(17)22/h4-12H,1-3H3. The van der Waals surface area contributed by atoms with Gasteiger partial charge >= 0.3 is 5.63 Å². The van der Waals surface area contributed by atoms with Gasteiger partial charge in [0.2, 0.25) is 0 Å². The van der Waals surface area contributed by atoms with Gasteiger partial charge in [-0.2, -0.15) is 0 Å². The summed E-state index contributed by atoms with van der Waals surface area (Å²) in [5, 5.41) is 0.756. The molecule has 116 valence electrons. The molecule has 0 fully saturated rings. The van der Waals surface area contributed by atoms with Gasteiger partial charge in [-0.1, -0.05) is 49.7 Å². The Balaban J connectivity index is 2.06. The van der Waals surface area contributed by atoms with E-state index >= 15 is 0 Å². The highest BCUT2D eigenvalue weighted by molar-refractivity contribution is 6.09. The molecule has 3 rings (SSSR count). The predicted octanol–water partition coefficient (Wildman–Crippen LogP) is 4.46. The first-order valence-electron chi connectivity index (χ1n) is 7.65. The van der Waals surface area contributed by atoms with Crippen molar-refractivity contribution in [3.8, 4) is 0 Å². The van der Waals surface area contributed by atoms with Crippen LogP contribution in [0.2, 0.25) is 0 Å². The van der Waals surface area contributed by atoms with E-state index in [4.69, 9.17) is 4.42 Å². The lowest BCUT2D eigenvalue weighted by molar-refractivity contribution is 0.103. The van der Waals surface area contributed by atoms with Gasteiger partial charge in [0, 0.05) is 10.9 Å². The summed E-state index contributed by atoms with van der Waals surface area (Å²) in [5.41, 5.74) is 2.66. The van der Waals surface area contributed by atoms with Gasteiger partial charge in [-0.05, 0) is 36.6 Å². The van der Waals surface area contributed by atoms with Gasteiger partial charge in [-0.25, -0.2) is 4.79 Å². The second-order valence-corrected chi connectivity index (χ2v) is 6.09. The fourth-order valence-electron chi connectivity index (χ4n) is 2.58. The van der Waals surface area contributed by atoms with Crippen LogP contribution in [0.5, 0.6) is 0 Å². The Kier molecular flexibility index (Phi) is 3.87. The van der Waals surface area contributed by atoms with Crippen molar-refractivity contribution in [2.75, 3.05) is 0 Å². The molecule has 3 heteroatoms. The summed E-state index contributed by atoms with van der Waals surface area (Å²) in [4.78, 5) is 24.7. The lowest BCUT2D eigenvalue weighted by Gasteiger charge is -2.06. The number of hydrogen-bond donors (Lipinski definition) is 0. The number of fused-ring (bicyclic) bond motifs is 1. The summed E-state index contributed by atoms with van der Waals surface area (Å²) in [5.74, 6) is 0.0883. The molecule has 0 spiro atoms.